The van der Waals surface area contributed by atoms with Crippen molar-refractivity contribution >= 4 is 27.9 Å². The zero-order valence-corrected chi connectivity index (χ0v) is 15.0. The molecule has 3 rings (SSSR count). The minimum absolute atomic E-state index is 0.286. The van der Waals surface area contributed by atoms with E-state index in [2.05, 4.69) is 29.3 Å². The number of sulfonamides is 1. The Bertz CT molecular complexity index is 782. The van der Waals surface area contributed by atoms with Crippen LogP contribution in [0.25, 0.3) is 6.08 Å². The molecule has 0 unspecified atom stereocenters. The van der Waals surface area contributed by atoms with Crippen LogP contribution < -0.4 is 0 Å². The summed E-state index contributed by atoms with van der Waals surface area (Å²) in [6.07, 6.45) is 7.50. The van der Waals surface area contributed by atoms with Gasteiger partial charge in [0.1, 0.15) is 4.90 Å². The summed E-state index contributed by atoms with van der Waals surface area (Å²) in [5.74, 6) is 0.792. The molecule has 126 valence electrons. The standard InChI is InChI=1S/C18H20N2O2S2/c21-24(22,20-12-4-5-13-20)17-10-11-18(19-15-17)23-14-6-9-16-7-2-1-3-8-16/h1-3,6-11,15H,4-5,12-14H2/b9-6+. The number of rotatable bonds is 6. The van der Waals surface area contributed by atoms with E-state index < -0.39 is 10.0 Å². The van der Waals surface area contributed by atoms with Gasteiger partial charge in [-0.1, -0.05) is 42.5 Å². The highest BCUT2D eigenvalue weighted by Gasteiger charge is 2.27. The molecule has 0 amide bonds. The molecule has 1 aromatic carbocycles. The molecule has 24 heavy (non-hydrogen) atoms. The Balaban J connectivity index is 1.57. The van der Waals surface area contributed by atoms with Crippen molar-refractivity contribution in [3.8, 4) is 0 Å². The third kappa shape index (κ3) is 4.26. The van der Waals surface area contributed by atoms with E-state index in [1.807, 2.05) is 18.2 Å². The van der Waals surface area contributed by atoms with Gasteiger partial charge in [-0.3, -0.25) is 0 Å². The summed E-state index contributed by atoms with van der Waals surface area (Å²) in [6.45, 7) is 1.23. The lowest BCUT2D eigenvalue weighted by Gasteiger charge is -2.15. The largest absolute Gasteiger partial charge is 0.249 e. The lowest BCUT2D eigenvalue weighted by molar-refractivity contribution is 0.477. The molecule has 1 aliphatic heterocycles. The van der Waals surface area contributed by atoms with Crippen molar-refractivity contribution in [3.63, 3.8) is 0 Å². The molecular weight excluding hydrogens is 340 g/mol. The molecule has 2 aromatic rings. The van der Waals surface area contributed by atoms with E-state index in [1.54, 1.807) is 28.2 Å². The van der Waals surface area contributed by atoms with Crippen molar-refractivity contribution in [1.29, 1.82) is 0 Å². The second kappa shape index (κ2) is 7.96. The number of nitrogens with zero attached hydrogens (tertiary/aromatic N) is 2. The summed E-state index contributed by atoms with van der Waals surface area (Å²) in [4.78, 5) is 4.57. The van der Waals surface area contributed by atoms with Crippen molar-refractivity contribution in [2.24, 2.45) is 0 Å². The molecule has 1 saturated heterocycles. The SMILES string of the molecule is O=S(=O)(c1ccc(SC/C=C/c2ccccc2)nc1)N1CCCC1. The van der Waals surface area contributed by atoms with Crippen molar-refractivity contribution < 1.29 is 8.42 Å². The van der Waals surface area contributed by atoms with Crippen LogP contribution in [-0.2, 0) is 10.0 Å². The van der Waals surface area contributed by atoms with Crippen molar-refractivity contribution in [3.05, 3.63) is 60.3 Å². The Morgan fingerprint density at radius 2 is 1.83 bits per heavy atom. The maximum atomic E-state index is 12.4. The predicted octanol–water partition coefficient (Wildman–Crippen LogP) is 3.67. The van der Waals surface area contributed by atoms with Gasteiger partial charge in [0.15, 0.2) is 0 Å². The number of hydrogen-bond acceptors (Lipinski definition) is 4. The molecule has 1 fully saturated rings. The van der Waals surface area contributed by atoms with E-state index >= 15 is 0 Å². The number of benzene rings is 1. The normalized spacial score (nSPS) is 16.0. The first kappa shape index (κ1) is 17.2. The van der Waals surface area contributed by atoms with Gasteiger partial charge >= 0.3 is 0 Å². The number of hydrogen-bond donors (Lipinski definition) is 0. The molecule has 1 aromatic heterocycles. The lowest BCUT2D eigenvalue weighted by atomic mass is 10.2. The molecular formula is C18H20N2O2S2. The molecule has 0 bridgehead atoms. The monoisotopic (exact) mass is 360 g/mol. The third-order valence-corrected chi connectivity index (χ3v) is 6.63. The molecule has 0 aliphatic carbocycles. The second-order valence-corrected chi connectivity index (χ2v) is 8.55. The average Bonchev–Trinajstić information content (AvgIpc) is 3.16. The molecule has 0 saturated carbocycles. The average molecular weight is 361 g/mol. The molecule has 1 aliphatic rings. The van der Waals surface area contributed by atoms with Crippen LogP contribution in [0.1, 0.15) is 18.4 Å². The molecule has 2 heterocycles. The van der Waals surface area contributed by atoms with Gasteiger partial charge in [-0.25, -0.2) is 13.4 Å². The summed E-state index contributed by atoms with van der Waals surface area (Å²) < 4.78 is 26.4. The maximum Gasteiger partial charge on any atom is 0.244 e. The first-order valence-corrected chi connectivity index (χ1v) is 10.4. The zero-order valence-electron chi connectivity index (χ0n) is 13.3. The molecule has 0 N–H and O–H groups in total. The molecule has 0 atom stereocenters. The Labute approximate surface area is 147 Å². The van der Waals surface area contributed by atoms with E-state index in [0.29, 0.717) is 13.1 Å². The Morgan fingerprint density at radius 3 is 2.50 bits per heavy atom. The number of thioether (sulfide) groups is 1. The fraction of sp³-hybridized carbons (Fsp3) is 0.278. The van der Waals surface area contributed by atoms with Gasteiger partial charge in [0.25, 0.3) is 0 Å². The molecule has 0 spiro atoms. The molecule has 4 nitrogen and oxygen atoms in total. The van der Waals surface area contributed by atoms with Crippen LogP contribution in [0.4, 0.5) is 0 Å². The van der Waals surface area contributed by atoms with Crippen LogP contribution in [0.15, 0.2) is 64.7 Å². The summed E-state index contributed by atoms with van der Waals surface area (Å²) in [5, 5.41) is 0.827. The van der Waals surface area contributed by atoms with E-state index in [9.17, 15) is 8.42 Å². The summed E-state index contributed by atoms with van der Waals surface area (Å²) in [6, 6.07) is 13.6. The first-order valence-electron chi connectivity index (χ1n) is 7.97. The van der Waals surface area contributed by atoms with E-state index in [-0.39, 0.29) is 4.90 Å². The van der Waals surface area contributed by atoms with E-state index in [4.69, 9.17) is 0 Å². The summed E-state index contributed by atoms with van der Waals surface area (Å²) >= 11 is 1.58. The van der Waals surface area contributed by atoms with Gasteiger partial charge in [0.2, 0.25) is 10.0 Å². The predicted molar refractivity (Wildman–Crippen MR) is 98.4 cm³/mol. The number of aromatic nitrogens is 1. The summed E-state index contributed by atoms with van der Waals surface area (Å²) in [7, 11) is -3.37. The highest BCUT2D eigenvalue weighted by atomic mass is 32.2. The van der Waals surface area contributed by atoms with Crippen LogP contribution in [0.5, 0.6) is 0 Å². The summed E-state index contributed by atoms with van der Waals surface area (Å²) in [5.41, 5.74) is 1.16. The number of pyridine rings is 1. The minimum atomic E-state index is -3.37. The lowest BCUT2D eigenvalue weighted by Crippen LogP contribution is -2.27. The van der Waals surface area contributed by atoms with Gasteiger partial charge in [0, 0.05) is 25.0 Å². The van der Waals surface area contributed by atoms with Crippen molar-refractivity contribution in [1.82, 2.24) is 9.29 Å². The Morgan fingerprint density at radius 1 is 1.08 bits per heavy atom. The van der Waals surface area contributed by atoms with Crippen LogP contribution in [0, 0.1) is 0 Å². The molecule has 6 heteroatoms. The Hall–Kier alpha value is -1.63. The topological polar surface area (TPSA) is 50.3 Å². The third-order valence-electron chi connectivity index (χ3n) is 3.85. The Kier molecular flexibility index (Phi) is 5.71. The van der Waals surface area contributed by atoms with Gasteiger partial charge in [0.05, 0.1) is 5.03 Å². The van der Waals surface area contributed by atoms with Crippen molar-refractivity contribution in [2.45, 2.75) is 22.8 Å². The smallest absolute Gasteiger partial charge is 0.244 e. The van der Waals surface area contributed by atoms with Crippen LogP contribution >= 0.6 is 11.8 Å². The molecule has 0 radical (unpaired) electrons. The van der Waals surface area contributed by atoms with Crippen LogP contribution in [0.3, 0.4) is 0 Å². The fourth-order valence-electron chi connectivity index (χ4n) is 2.56. The van der Waals surface area contributed by atoms with Gasteiger partial charge in [-0.05, 0) is 30.5 Å². The van der Waals surface area contributed by atoms with Gasteiger partial charge < -0.3 is 0 Å². The van der Waals surface area contributed by atoms with Crippen molar-refractivity contribution in [2.75, 3.05) is 18.8 Å². The zero-order chi connectivity index (χ0) is 16.8. The fourth-order valence-corrected chi connectivity index (χ4v) is 4.68. The highest BCUT2D eigenvalue weighted by molar-refractivity contribution is 7.99. The quantitative estimate of drug-likeness (QED) is 0.738. The van der Waals surface area contributed by atoms with Gasteiger partial charge in [-0.15, -0.1) is 11.8 Å². The van der Waals surface area contributed by atoms with E-state index in [0.717, 1.165) is 29.2 Å². The maximum absolute atomic E-state index is 12.4. The second-order valence-electron chi connectivity index (χ2n) is 5.57. The van der Waals surface area contributed by atoms with Gasteiger partial charge in [-0.2, -0.15) is 4.31 Å². The van der Waals surface area contributed by atoms with Crippen LogP contribution in [0.2, 0.25) is 0 Å². The first-order chi connectivity index (χ1) is 11.7. The highest BCUT2D eigenvalue weighted by Crippen LogP contribution is 2.22. The van der Waals surface area contributed by atoms with E-state index in [1.165, 1.54) is 6.20 Å². The minimum Gasteiger partial charge on any atom is -0.249 e. The van der Waals surface area contributed by atoms with Crippen LogP contribution in [-0.4, -0.2) is 36.5 Å².